The van der Waals surface area contributed by atoms with Crippen LogP contribution < -0.4 is 0 Å². The van der Waals surface area contributed by atoms with Gasteiger partial charge in [-0.05, 0) is 43.6 Å². The van der Waals surface area contributed by atoms with Crippen molar-refractivity contribution >= 4 is 22.9 Å². The van der Waals surface area contributed by atoms with Crippen LogP contribution in [0, 0.1) is 0 Å². The Morgan fingerprint density at radius 3 is 2.77 bits per heavy atom. The summed E-state index contributed by atoms with van der Waals surface area (Å²) >= 11 is 2.15. The number of fused-ring (bicyclic) bond motifs is 1. The first kappa shape index (κ1) is 14.6. The lowest BCUT2D eigenvalue weighted by atomic mass is 9.95. The van der Waals surface area contributed by atoms with Gasteiger partial charge in [-0.1, -0.05) is 25.7 Å². The number of thioether (sulfide) groups is 1. The lowest BCUT2D eigenvalue weighted by Crippen LogP contribution is -2.20. The molecular weight excluding hydrogens is 290 g/mol. The number of aromatic nitrogens is 3. The standard InChI is InChI=1S/C18H25N3S/c1-2-7-14(8-3-1)21-17(13-15-9-4-5-12-22-15)20-16-10-6-11-19-18(16)21/h6,10-11,14-15H,1-5,7-9,12-13H2. The molecule has 1 saturated carbocycles. The third-order valence-electron chi connectivity index (χ3n) is 5.15. The van der Waals surface area contributed by atoms with Crippen LogP contribution in [-0.2, 0) is 6.42 Å². The summed E-state index contributed by atoms with van der Waals surface area (Å²) in [4.78, 5) is 9.63. The topological polar surface area (TPSA) is 30.7 Å². The highest BCUT2D eigenvalue weighted by atomic mass is 32.2. The number of hydrogen-bond donors (Lipinski definition) is 0. The molecule has 0 aromatic carbocycles. The van der Waals surface area contributed by atoms with Gasteiger partial charge in [0.2, 0.25) is 0 Å². The van der Waals surface area contributed by atoms with Crippen molar-refractivity contribution in [3.05, 3.63) is 24.2 Å². The van der Waals surface area contributed by atoms with Crippen molar-refractivity contribution in [2.75, 3.05) is 5.75 Å². The van der Waals surface area contributed by atoms with Gasteiger partial charge < -0.3 is 4.57 Å². The fraction of sp³-hybridized carbons (Fsp3) is 0.667. The fourth-order valence-electron chi connectivity index (χ4n) is 4.02. The second-order valence-corrected chi connectivity index (χ2v) is 8.14. The smallest absolute Gasteiger partial charge is 0.160 e. The number of pyridine rings is 1. The van der Waals surface area contributed by atoms with Crippen molar-refractivity contribution in [2.24, 2.45) is 0 Å². The van der Waals surface area contributed by atoms with Gasteiger partial charge in [0.1, 0.15) is 11.3 Å². The summed E-state index contributed by atoms with van der Waals surface area (Å²) < 4.78 is 2.50. The van der Waals surface area contributed by atoms with Gasteiger partial charge >= 0.3 is 0 Å². The number of nitrogens with zero attached hydrogens (tertiary/aromatic N) is 3. The third-order valence-corrected chi connectivity index (χ3v) is 6.54. The van der Waals surface area contributed by atoms with Gasteiger partial charge in [-0.3, -0.25) is 0 Å². The first-order valence-electron chi connectivity index (χ1n) is 8.85. The van der Waals surface area contributed by atoms with Gasteiger partial charge in [-0.15, -0.1) is 0 Å². The molecule has 1 atom stereocenters. The van der Waals surface area contributed by atoms with E-state index in [0.717, 1.165) is 22.8 Å². The Labute approximate surface area is 136 Å². The van der Waals surface area contributed by atoms with Crippen LogP contribution in [0.25, 0.3) is 11.2 Å². The van der Waals surface area contributed by atoms with E-state index in [1.54, 1.807) is 0 Å². The minimum absolute atomic E-state index is 0.622. The number of rotatable bonds is 3. The fourth-order valence-corrected chi connectivity index (χ4v) is 5.32. The second-order valence-electron chi connectivity index (χ2n) is 6.73. The Bertz CT molecular complexity index is 624. The molecule has 4 rings (SSSR count). The molecule has 2 aromatic heterocycles. The maximum Gasteiger partial charge on any atom is 0.160 e. The molecule has 3 nitrogen and oxygen atoms in total. The summed E-state index contributed by atoms with van der Waals surface area (Å²) in [7, 11) is 0. The van der Waals surface area contributed by atoms with E-state index in [1.165, 1.54) is 62.9 Å². The summed E-state index contributed by atoms with van der Waals surface area (Å²) in [6, 6.07) is 4.76. The van der Waals surface area contributed by atoms with Crippen LogP contribution in [0.4, 0.5) is 0 Å². The van der Waals surface area contributed by atoms with E-state index in [0.29, 0.717) is 6.04 Å². The van der Waals surface area contributed by atoms with E-state index in [2.05, 4.69) is 27.4 Å². The molecule has 22 heavy (non-hydrogen) atoms. The van der Waals surface area contributed by atoms with Crippen LogP contribution in [0.2, 0.25) is 0 Å². The zero-order valence-corrected chi connectivity index (χ0v) is 14.0. The molecule has 0 amide bonds. The van der Waals surface area contributed by atoms with Crippen LogP contribution in [-0.4, -0.2) is 25.5 Å². The summed E-state index contributed by atoms with van der Waals surface area (Å²) in [6.07, 6.45) is 13.9. The molecule has 0 bridgehead atoms. The zero-order valence-electron chi connectivity index (χ0n) is 13.2. The molecule has 1 aliphatic heterocycles. The van der Waals surface area contributed by atoms with Crippen molar-refractivity contribution < 1.29 is 0 Å². The van der Waals surface area contributed by atoms with Gasteiger partial charge in [0.25, 0.3) is 0 Å². The molecule has 2 aliphatic rings. The highest BCUT2D eigenvalue weighted by Crippen LogP contribution is 2.34. The van der Waals surface area contributed by atoms with Crippen molar-refractivity contribution in [3.8, 4) is 0 Å². The van der Waals surface area contributed by atoms with Crippen LogP contribution in [0.3, 0.4) is 0 Å². The van der Waals surface area contributed by atoms with E-state index >= 15 is 0 Å². The summed E-state index contributed by atoms with van der Waals surface area (Å²) in [6.45, 7) is 0. The van der Waals surface area contributed by atoms with E-state index in [4.69, 9.17) is 4.98 Å². The predicted octanol–water partition coefficient (Wildman–Crippen LogP) is 4.76. The minimum atomic E-state index is 0.622. The Morgan fingerprint density at radius 2 is 1.95 bits per heavy atom. The molecule has 118 valence electrons. The quantitative estimate of drug-likeness (QED) is 0.818. The maximum atomic E-state index is 4.97. The number of hydrogen-bond acceptors (Lipinski definition) is 3. The lowest BCUT2D eigenvalue weighted by molar-refractivity contribution is 0.350. The molecule has 3 heterocycles. The van der Waals surface area contributed by atoms with Crippen LogP contribution in [0.15, 0.2) is 18.3 Å². The normalized spacial score (nSPS) is 23.9. The maximum absolute atomic E-state index is 4.97. The Balaban J connectivity index is 1.68. The van der Waals surface area contributed by atoms with Crippen LogP contribution in [0.5, 0.6) is 0 Å². The number of imidazole rings is 1. The molecule has 1 saturated heterocycles. The first-order chi connectivity index (χ1) is 10.9. The van der Waals surface area contributed by atoms with Gasteiger partial charge in [0, 0.05) is 23.9 Å². The lowest BCUT2D eigenvalue weighted by Gasteiger charge is -2.27. The SMILES string of the molecule is c1cnc2c(c1)nc(CC1CCCCS1)n2C1CCCCC1. The van der Waals surface area contributed by atoms with E-state index in [-0.39, 0.29) is 0 Å². The van der Waals surface area contributed by atoms with Crippen LogP contribution in [0.1, 0.15) is 63.2 Å². The molecule has 2 fully saturated rings. The molecule has 0 spiro atoms. The molecular formula is C18H25N3S. The van der Waals surface area contributed by atoms with Crippen molar-refractivity contribution in [1.82, 2.24) is 14.5 Å². The molecule has 2 aromatic rings. The van der Waals surface area contributed by atoms with Gasteiger partial charge in [-0.25, -0.2) is 9.97 Å². The minimum Gasteiger partial charge on any atom is -0.310 e. The molecule has 1 unspecified atom stereocenters. The van der Waals surface area contributed by atoms with E-state index in [9.17, 15) is 0 Å². The Morgan fingerprint density at radius 1 is 1.09 bits per heavy atom. The molecule has 4 heteroatoms. The largest absolute Gasteiger partial charge is 0.310 e. The zero-order chi connectivity index (χ0) is 14.8. The third kappa shape index (κ3) is 2.90. The van der Waals surface area contributed by atoms with Gasteiger partial charge in [0.15, 0.2) is 5.65 Å². The average Bonchev–Trinajstić information content (AvgIpc) is 2.94. The molecule has 0 N–H and O–H groups in total. The molecule has 0 radical (unpaired) electrons. The summed E-state index contributed by atoms with van der Waals surface area (Å²) in [5.74, 6) is 2.62. The van der Waals surface area contributed by atoms with Gasteiger partial charge in [0.05, 0.1) is 0 Å². The second kappa shape index (κ2) is 6.61. The Hall–Kier alpha value is -1.03. The van der Waals surface area contributed by atoms with E-state index in [1.807, 2.05) is 12.3 Å². The highest BCUT2D eigenvalue weighted by molar-refractivity contribution is 7.99. The van der Waals surface area contributed by atoms with Crippen molar-refractivity contribution in [2.45, 2.75) is 69.1 Å². The Kier molecular flexibility index (Phi) is 4.37. The van der Waals surface area contributed by atoms with E-state index < -0.39 is 0 Å². The first-order valence-corrected chi connectivity index (χ1v) is 9.90. The van der Waals surface area contributed by atoms with Crippen molar-refractivity contribution in [3.63, 3.8) is 0 Å². The van der Waals surface area contributed by atoms with Gasteiger partial charge in [-0.2, -0.15) is 11.8 Å². The summed E-state index contributed by atoms with van der Waals surface area (Å²) in [5, 5.41) is 0.757. The predicted molar refractivity (Wildman–Crippen MR) is 93.5 cm³/mol. The summed E-state index contributed by atoms with van der Waals surface area (Å²) in [5.41, 5.74) is 2.20. The van der Waals surface area contributed by atoms with Crippen molar-refractivity contribution in [1.29, 1.82) is 0 Å². The highest BCUT2D eigenvalue weighted by Gasteiger charge is 2.24. The monoisotopic (exact) mass is 315 g/mol. The van der Waals surface area contributed by atoms with Crippen LogP contribution >= 0.6 is 11.8 Å². The average molecular weight is 315 g/mol. The molecule has 1 aliphatic carbocycles.